The van der Waals surface area contributed by atoms with Crippen LogP contribution in [-0.4, -0.2) is 73.4 Å². The van der Waals surface area contributed by atoms with Crippen molar-refractivity contribution >= 4 is 13.5 Å². The number of hydrogen-bond acceptors (Lipinski definition) is 9. The second kappa shape index (κ2) is 12.0. The van der Waals surface area contributed by atoms with Gasteiger partial charge in [0.2, 0.25) is 6.29 Å². The number of rotatable bonds is 6. The summed E-state index contributed by atoms with van der Waals surface area (Å²) in [4.78, 5) is 27.6. The van der Waals surface area contributed by atoms with E-state index in [1.807, 2.05) is 0 Å². The SMILES string of the molecule is O=[N+]([O-])c1ccccc1OC1OC(COP(=O)(O)O)C(O)C(O)C1O.[NH3+]C1CCCCC1. The van der Waals surface area contributed by atoms with E-state index < -0.39 is 55.7 Å². The Morgan fingerprint density at radius 3 is 2.25 bits per heavy atom. The maximum Gasteiger partial charge on any atom is 0.469 e. The lowest BCUT2D eigenvalue weighted by Crippen LogP contribution is -2.61. The number of aliphatic hydroxyl groups excluding tert-OH is 3. The van der Waals surface area contributed by atoms with Gasteiger partial charge < -0.3 is 40.3 Å². The Hall–Kier alpha value is -1.67. The highest BCUT2D eigenvalue weighted by molar-refractivity contribution is 7.46. The third kappa shape index (κ3) is 8.03. The van der Waals surface area contributed by atoms with Crippen LogP contribution in [0.4, 0.5) is 5.69 Å². The van der Waals surface area contributed by atoms with Crippen molar-refractivity contribution in [3.8, 4) is 5.75 Å². The van der Waals surface area contributed by atoms with Crippen molar-refractivity contribution in [2.45, 2.75) is 68.9 Å². The zero-order valence-corrected chi connectivity index (χ0v) is 18.2. The zero-order valence-electron chi connectivity index (χ0n) is 17.3. The molecule has 1 aliphatic carbocycles. The fourth-order valence-corrected chi connectivity index (χ4v) is 3.68. The molecule has 2 fully saturated rings. The van der Waals surface area contributed by atoms with Crippen LogP contribution in [0.5, 0.6) is 5.75 Å². The van der Waals surface area contributed by atoms with Crippen molar-refractivity contribution in [1.82, 2.24) is 0 Å². The molecular formula is C18H30N2O11P+. The summed E-state index contributed by atoms with van der Waals surface area (Å²) in [5.74, 6) is -0.269. The van der Waals surface area contributed by atoms with Gasteiger partial charge in [-0.1, -0.05) is 18.6 Å². The van der Waals surface area contributed by atoms with Crippen LogP contribution in [-0.2, 0) is 13.8 Å². The Kier molecular flexibility index (Phi) is 9.95. The van der Waals surface area contributed by atoms with E-state index in [9.17, 15) is 30.0 Å². The highest BCUT2D eigenvalue weighted by Crippen LogP contribution is 2.37. The standard InChI is InChI=1S/C12H16NO11P.C6H13N/c14-9-8(5-22-25(19,20)21)24-12(11(16)10(9)15)23-7-4-2-1-3-6(7)13(17)18;7-6-4-2-1-3-5-6/h1-4,8-12,14-16H,5H2,(H2,19,20,21);6H,1-5,7H2/p+1. The number of ether oxygens (including phenoxy) is 2. The maximum absolute atomic E-state index is 11.0. The minimum absolute atomic E-state index is 0.269. The minimum atomic E-state index is -4.87. The molecule has 5 unspecified atom stereocenters. The Balaban J connectivity index is 0.000000439. The van der Waals surface area contributed by atoms with Gasteiger partial charge in [-0.25, -0.2) is 4.57 Å². The molecule has 1 saturated carbocycles. The summed E-state index contributed by atoms with van der Waals surface area (Å²) in [6.45, 7) is -0.814. The van der Waals surface area contributed by atoms with E-state index >= 15 is 0 Å². The van der Waals surface area contributed by atoms with Gasteiger partial charge >= 0.3 is 13.5 Å². The molecule has 3 rings (SSSR count). The van der Waals surface area contributed by atoms with Crippen LogP contribution in [0, 0.1) is 10.1 Å². The molecule has 0 spiro atoms. The number of phosphoric ester groups is 1. The first kappa shape index (κ1) is 26.6. The molecular weight excluding hydrogens is 451 g/mol. The van der Waals surface area contributed by atoms with Crippen LogP contribution >= 0.6 is 7.82 Å². The first-order chi connectivity index (χ1) is 15.0. The zero-order chi connectivity index (χ0) is 23.9. The summed E-state index contributed by atoms with van der Waals surface area (Å²) < 4.78 is 25.3. The Bertz CT molecular complexity index is 786. The number of quaternary nitrogens is 1. The van der Waals surface area contributed by atoms with Gasteiger partial charge in [0.05, 0.1) is 17.6 Å². The van der Waals surface area contributed by atoms with Crippen LogP contribution in [0.3, 0.4) is 0 Å². The molecule has 0 bridgehead atoms. The monoisotopic (exact) mass is 481 g/mol. The number of nitro groups is 1. The van der Waals surface area contributed by atoms with E-state index in [2.05, 4.69) is 10.3 Å². The summed E-state index contributed by atoms with van der Waals surface area (Å²) in [6.07, 6.45) is -1.36. The van der Waals surface area contributed by atoms with Gasteiger partial charge in [-0.3, -0.25) is 14.6 Å². The van der Waals surface area contributed by atoms with E-state index in [1.165, 1.54) is 50.3 Å². The first-order valence-electron chi connectivity index (χ1n) is 10.1. The van der Waals surface area contributed by atoms with Crippen molar-refractivity contribution in [3.05, 3.63) is 34.4 Å². The van der Waals surface area contributed by atoms with Gasteiger partial charge in [-0.05, 0) is 31.7 Å². The van der Waals surface area contributed by atoms with Crippen LogP contribution in [0.1, 0.15) is 32.1 Å². The quantitative estimate of drug-likeness (QED) is 0.172. The third-order valence-electron chi connectivity index (χ3n) is 5.11. The largest absolute Gasteiger partial charge is 0.469 e. The van der Waals surface area contributed by atoms with Gasteiger partial charge in [0, 0.05) is 6.07 Å². The molecule has 1 aromatic rings. The van der Waals surface area contributed by atoms with Crippen LogP contribution in [0.25, 0.3) is 0 Å². The summed E-state index contributed by atoms with van der Waals surface area (Å²) in [7, 11) is -4.87. The molecule has 2 aliphatic rings. The lowest BCUT2D eigenvalue weighted by molar-refractivity contribution is -0.425. The van der Waals surface area contributed by atoms with Crippen molar-refractivity contribution in [1.29, 1.82) is 0 Å². The number of hydrogen-bond donors (Lipinski definition) is 6. The predicted octanol–water partition coefficient (Wildman–Crippen LogP) is -0.548. The Morgan fingerprint density at radius 1 is 1.09 bits per heavy atom. The Labute approximate surface area is 184 Å². The third-order valence-corrected chi connectivity index (χ3v) is 5.59. The van der Waals surface area contributed by atoms with Gasteiger partial charge in [0.25, 0.3) is 0 Å². The van der Waals surface area contributed by atoms with E-state index in [-0.39, 0.29) is 5.75 Å². The molecule has 0 aromatic heterocycles. The molecule has 14 heteroatoms. The van der Waals surface area contributed by atoms with Crippen molar-refractivity contribution in [2.24, 2.45) is 0 Å². The molecule has 8 N–H and O–H groups in total. The fourth-order valence-electron chi connectivity index (χ4n) is 3.34. The highest BCUT2D eigenvalue weighted by atomic mass is 31.2. The molecule has 0 amide bonds. The smallest absolute Gasteiger partial charge is 0.455 e. The molecule has 5 atom stereocenters. The summed E-state index contributed by atoms with van der Waals surface area (Å²) in [5.41, 5.74) is 3.57. The molecule has 0 radical (unpaired) electrons. The molecule has 13 nitrogen and oxygen atoms in total. The van der Waals surface area contributed by atoms with Crippen LogP contribution in [0.2, 0.25) is 0 Å². The van der Waals surface area contributed by atoms with E-state index in [0.29, 0.717) is 0 Å². The molecule has 1 saturated heterocycles. The fraction of sp³-hybridized carbons (Fsp3) is 0.667. The van der Waals surface area contributed by atoms with Crippen molar-refractivity contribution in [2.75, 3.05) is 6.61 Å². The molecule has 32 heavy (non-hydrogen) atoms. The van der Waals surface area contributed by atoms with Gasteiger partial charge in [0.15, 0.2) is 5.75 Å². The van der Waals surface area contributed by atoms with Crippen molar-refractivity contribution < 1.29 is 54.3 Å². The molecule has 182 valence electrons. The maximum atomic E-state index is 11.0. The van der Waals surface area contributed by atoms with Gasteiger partial charge in [-0.15, -0.1) is 0 Å². The number of aliphatic hydroxyl groups is 3. The molecule has 1 aliphatic heterocycles. The Morgan fingerprint density at radius 2 is 1.72 bits per heavy atom. The second-order valence-electron chi connectivity index (χ2n) is 7.65. The summed E-state index contributed by atoms with van der Waals surface area (Å²) in [6, 6.07) is 5.97. The lowest BCUT2D eigenvalue weighted by Gasteiger charge is -2.39. The average molecular weight is 481 g/mol. The first-order valence-corrected chi connectivity index (χ1v) is 11.7. The summed E-state index contributed by atoms with van der Waals surface area (Å²) in [5, 5.41) is 40.5. The average Bonchev–Trinajstić information content (AvgIpc) is 2.74. The highest BCUT2D eigenvalue weighted by Gasteiger charge is 2.46. The van der Waals surface area contributed by atoms with E-state index in [4.69, 9.17) is 19.3 Å². The number of nitrogens with zero attached hydrogens (tertiary/aromatic N) is 1. The lowest BCUT2D eigenvalue weighted by atomic mass is 9.97. The second-order valence-corrected chi connectivity index (χ2v) is 8.89. The van der Waals surface area contributed by atoms with E-state index in [0.717, 1.165) is 12.1 Å². The van der Waals surface area contributed by atoms with Crippen molar-refractivity contribution in [3.63, 3.8) is 0 Å². The number of para-hydroxylation sites is 2. The molecule has 1 aromatic carbocycles. The van der Waals surface area contributed by atoms with Crippen LogP contribution in [0.15, 0.2) is 24.3 Å². The van der Waals surface area contributed by atoms with E-state index in [1.54, 1.807) is 0 Å². The normalized spacial score (nSPS) is 29.0. The molecule has 1 heterocycles. The van der Waals surface area contributed by atoms with Gasteiger partial charge in [-0.2, -0.15) is 0 Å². The van der Waals surface area contributed by atoms with Gasteiger partial charge in [0.1, 0.15) is 24.4 Å². The summed E-state index contributed by atoms with van der Waals surface area (Å²) >= 11 is 0. The topological polar surface area (TPSA) is 217 Å². The van der Waals surface area contributed by atoms with Crippen LogP contribution < -0.4 is 10.5 Å². The minimum Gasteiger partial charge on any atom is -0.455 e. The number of benzene rings is 1. The number of nitro benzene ring substituents is 1. The predicted molar refractivity (Wildman–Crippen MR) is 108 cm³/mol. The number of phosphoric acid groups is 1.